The standard InChI is InChI=1S/C30H34N4O3/c1-33-12-8-24(9-13-33)27(35)17-23-6-7-28-25(16-23)18-29(37-28)30(36)32-26-10-14-34(15-11-26)20-22-4-2-21(19-31)3-5-22/h2-7,16,18,24,26H,8-15,17,20H2,1H3,(H,32,36). The summed E-state index contributed by atoms with van der Waals surface area (Å²) in [6.45, 7) is 4.61. The number of nitrogens with zero attached hydrogens (tertiary/aromatic N) is 3. The van der Waals surface area contributed by atoms with Crippen LogP contribution >= 0.6 is 0 Å². The molecule has 2 fully saturated rings. The average Bonchev–Trinajstić information content (AvgIpc) is 3.34. The minimum absolute atomic E-state index is 0.112. The minimum Gasteiger partial charge on any atom is -0.451 e. The Balaban J connectivity index is 1.13. The fourth-order valence-corrected chi connectivity index (χ4v) is 5.43. The molecule has 1 amide bonds. The summed E-state index contributed by atoms with van der Waals surface area (Å²) in [5.41, 5.74) is 3.50. The Morgan fingerprint density at radius 2 is 1.68 bits per heavy atom. The smallest absolute Gasteiger partial charge is 0.287 e. The summed E-state index contributed by atoms with van der Waals surface area (Å²) in [5, 5.41) is 12.9. The van der Waals surface area contributed by atoms with Crippen LogP contribution < -0.4 is 5.32 Å². The maximum atomic E-state index is 12.9. The Morgan fingerprint density at radius 3 is 2.38 bits per heavy atom. The Labute approximate surface area is 218 Å². The van der Waals surface area contributed by atoms with Crippen molar-refractivity contribution in [2.75, 3.05) is 33.2 Å². The van der Waals surface area contributed by atoms with E-state index in [9.17, 15) is 9.59 Å². The molecule has 192 valence electrons. The molecule has 37 heavy (non-hydrogen) atoms. The second-order valence-electron chi connectivity index (χ2n) is 10.5. The normalized spacial score (nSPS) is 18.1. The maximum absolute atomic E-state index is 12.9. The van der Waals surface area contributed by atoms with Gasteiger partial charge < -0.3 is 14.6 Å². The molecule has 3 aromatic rings. The van der Waals surface area contributed by atoms with Crippen molar-refractivity contribution in [3.8, 4) is 6.07 Å². The third-order valence-corrected chi connectivity index (χ3v) is 7.77. The lowest BCUT2D eigenvalue weighted by Gasteiger charge is -2.32. The predicted octanol–water partition coefficient (Wildman–Crippen LogP) is 4.15. The van der Waals surface area contributed by atoms with E-state index in [2.05, 4.69) is 28.2 Å². The van der Waals surface area contributed by atoms with Gasteiger partial charge in [0.15, 0.2) is 5.76 Å². The van der Waals surface area contributed by atoms with Gasteiger partial charge in [-0.2, -0.15) is 5.26 Å². The summed E-state index contributed by atoms with van der Waals surface area (Å²) in [6.07, 6.45) is 4.05. The van der Waals surface area contributed by atoms with E-state index in [1.807, 2.05) is 42.5 Å². The summed E-state index contributed by atoms with van der Waals surface area (Å²) >= 11 is 0. The number of carbonyl (C=O) groups excluding carboxylic acids is 2. The van der Waals surface area contributed by atoms with Crippen LogP contribution in [0.1, 0.15) is 52.9 Å². The van der Waals surface area contributed by atoms with Crippen molar-refractivity contribution in [1.29, 1.82) is 5.26 Å². The summed E-state index contributed by atoms with van der Waals surface area (Å²) in [5.74, 6) is 0.576. The average molecular weight is 499 g/mol. The molecule has 2 aliphatic heterocycles. The number of likely N-dealkylation sites (tertiary alicyclic amines) is 2. The van der Waals surface area contributed by atoms with E-state index in [4.69, 9.17) is 9.68 Å². The molecule has 3 heterocycles. The van der Waals surface area contributed by atoms with Crippen LogP contribution in [0, 0.1) is 17.2 Å². The number of hydrogen-bond acceptors (Lipinski definition) is 6. The molecule has 0 aliphatic carbocycles. The zero-order chi connectivity index (χ0) is 25.8. The molecule has 2 aromatic carbocycles. The van der Waals surface area contributed by atoms with Crippen molar-refractivity contribution in [3.63, 3.8) is 0 Å². The number of rotatable bonds is 7. The molecule has 0 bridgehead atoms. The van der Waals surface area contributed by atoms with Crippen LogP contribution in [0.2, 0.25) is 0 Å². The van der Waals surface area contributed by atoms with Crippen LogP contribution in [-0.2, 0) is 17.8 Å². The number of benzene rings is 2. The number of ketones is 1. The van der Waals surface area contributed by atoms with Gasteiger partial charge in [0.1, 0.15) is 11.4 Å². The number of fused-ring (bicyclic) bond motifs is 1. The zero-order valence-electron chi connectivity index (χ0n) is 21.4. The molecule has 2 saturated heterocycles. The monoisotopic (exact) mass is 498 g/mol. The Morgan fingerprint density at radius 1 is 0.973 bits per heavy atom. The first-order valence-corrected chi connectivity index (χ1v) is 13.2. The highest BCUT2D eigenvalue weighted by molar-refractivity contribution is 5.96. The van der Waals surface area contributed by atoms with Crippen LogP contribution in [0.5, 0.6) is 0 Å². The Bertz CT molecular complexity index is 1290. The number of amides is 1. The fraction of sp³-hybridized carbons (Fsp3) is 0.433. The van der Waals surface area contributed by atoms with Crippen LogP contribution in [0.3, 0.4) is 0 Å². The number of carbonyl (C=O) groups is 2. The summed E-state index contributed by atoms with van der Waals surface area (Å²) in [7, 11) is 2.10. The topological polar surface area (TPSA) is 89.6 Å². The molecule has 7 heteroatoms. The molecule has 1 N–H and O–H groups in total. The lowest BCUT2D eigenvalue weighted by molar-refractivity contribution is -0.123. The summed E-state index contributed by atoms with van der Waals surface area (Å²) in [6, 6.07) is 17.5. The molecular formula is C30H34N4O3. The SMILES string of the molecule is CN1CCC(C(=O)Cc2ccc3oc(C(=O)NC4CCN(Cc5ccc(C#N)cc5)CC4)cc3c2)CC1. The van der Waals surface area contributed by atoms with E-state index in [-0.39, 0.29) is 17.9 Å². The van der Waals surface area contributed by atoms with E-state index in [0.29, 0.717) is 29.1 Å². The van der Waals surface area contributed by atoms with Gasteiger partial charge in [0.05, 0.1) is 11.6 Å². The third kappa shape index (κ3) is 6.27. The van der Waals surface area contributed by atoms with Gasteiger partial charge in [-0.05, 0) is 87.3 Å². The van der Waals surface area contributed by atoms with Crippen molar-refractivity contribution < 1.29 is 14.0 Å². The van der Waals surface area contributed by atoms with Crippen molar-refractivity contribution in [2.24, 2.45) is 5.92 Å². The Kier molecular flexibility index (Phi) is 7.68. The lowest BCUT2D eigenvalue weighted by atomic mass is 9.89. The van der Waals surface area contributed by atoms with Gasteiger partial charge in [-0.15, -0.1) is 0 Å². The molecule has 1 aromatic heterocycles. The summed E-state index contributed by atoms with van der Waals surface area (Å²) < 4.78 is 5.84. The van der Waals surface area contributed by atoms with Gasteiger partial charge >= 0.3 is 0 Å². The molecule has 5 rings (SSSR count). The number of furan rings is 1. The van der Waals surface area contributed by atoms with Crippen molar-refractivity contribution in [2.45, 2.75) is 44.7 Å². The van der Waals surface area contributed by atoms with E-state index in [1.165, 1.54) is 5.56 Å². The van der Waals surface area contributed by atoms with Gasteiger partial charge in [0, 0.05) is 43.4 Å². The second-order valence-corrected chi connectivity index (χ2v) is 10.5. The minimum atomic E-state index is -0.189. The number of hydrogen-bond donors (Lipinski definition) is 1. The largest absolute Gasteiger partial charge is 0.451 e. The molecule has 0 radical (unpaired) electrons. The van der Waals surface area contributed by atoms with Crippen LogP contribution in [0.4, 0.5) is 0 Å². The summed E-state index contributed by atoms with van der Waals surface area (Å²) in [4.78, 5) is 30.3. The number of Topliss-reactive ketones (excluding diaryl/α,β-unsaturated/α-hetero) is 1. The molecule has 0 spiro atoms. The molecule has 0 saturated carbocycles. The van der Waals surface area contributed by atoms with Crippen molar-refractivity contribution >= 4 is 22.7 Å². The third-order valence-electron chi connectivity index (χ3n) is 7.77. The van der Waals surface area contributed by atoms with Gasteiger partial charge in [0.2, 0.25) is 0 Å². The van der Waals surface area contributed by atoms with E-state index < -0.39 is 0 Å². The van der Waals surface area contributed by atoms with Crippen molar-refractivity contribution in [3.05, 3.63) is 71.0 Å². The highest BCUT2D eigenvalue weighted by Crippen LogP contribution is 2.24. The first kappa shape index (κ1) is 25.2. The molecule has 0 atom stereocenters. The predicted molar refractivity (Wildman–Crippen MR) is 142 cm³/mol. The lowest BCUT2D eigenvalue weighted by Crippen LogP contribution is -2.44. The molecule has 2 aliphatic rings. The van der Waals surface area contributed by atoms with Crippen molar-refractivity contribution in [1.82, 2.24) is 15.1 Å². The highest BCUT2D eigenvalue weighted by Gasteiger charge is 2.25. The van der Waals surface area contributed by atoms with Crippen LogP contribution in [0.25, 0.3) is 11.0 Å². The van der Waals surface area contributed by atoms with Crippen LogP contribution in [-0.4, -0.2) is 60.8 Å². The van der Waals surface area contributed by atoms with E-state index in [1.54, 1.807) is 6.07 Å². The van der Waals surface area contributed by atoms with E-state index in [0.717, 1.165) is 69.4 Å². The zero-order valence-corrected chi connectivity index (χ0v) is 21.4. The second kappa shape index (κ2) is 11.3. The molecule has 0 unspecified atom stereocenters. The highest BCUT2D eigenvalue weighted by atomic mass is 16.3. The number of piperidine rings is 2. The van der Waals surface area contributed by atoms with Crippen LogP contribution in [0.15, 0.2) is 52.9 Å². The quantitative estimate of drug-likeness (QED) is 0.526. The first-order chi connectivity index (χ1) is 18.0. The fourth-order valence-electron chi connectivity index (χ4n) is 5.43. The molecular weight excluding hydrogens is 464 g/mol. The first-order valence-electron chi connectivity index (χ1n) is 13.2. The molecule has 7 nitrogen and oxygen atoms in total. The van der Waals surface area contributed by atoms with E-state index >= 15 is 0 Å². The number of nitrogens with one attached hydrogen (secondary N) is 1. The van der Waals surface area contributed by atoms with Gasteiger partial charge in [-0.3, -0.25) is 14.5 Å². The van der Waals surface area contributed by atoms with Gasteiger partial charge in [0.25, 0.3) is 5.91 Å². The maximum Gasteiger partial charge on any atom is 0.287 e. The van der Waals surface area contributed by atoms with Gasteiger partial charge in [-0.1, -0.05) is 18.2 Å². The number of nitriles is 1. The van der Waals surface area contributed by atoms with Gasteiger partial charge in [-0.25, -0.2) is 0 Å². The Hall–Kier alpha value is -3.47.